The fraction of sp³-hybridized carbons (Fsp3) is 0.545. The summed E-state index contributed by atoms with van der Waals surface area (Å²) in [5.41, 5.74) is 0.736. The molecule has 0 bridgehead atoms. The van der Waals surface area contributed by atoms with Gasteiger partial charge in [-0.15, -0.1) is 11.3 Å². The highest BCUT2D eigenvalue weighted by Crippen LogP contribution is 2.16. The van der Waals surface area contributed by atoms with Crippen molar-refractivity contribution in [1.82, 2.24) is 5.32 Å². The van der Waals surface area contributed by atoms with Crippen LogP contribution in [0.3, 0.4) is 0 Å². The van der Waals surface area contributed by atoms with E-state index in [1.54, 1.807) is 18.4 Å². The lowest BCUT2D eigenvalue weighted by Crippen LogP contribution is -2.24. The number of nitrogens with one attached hydrogen (secondary N) is 1. The molecule has 17 heavy (non-hydrogen) atoms. The third-order valence-electron chi connectivity index (χ3n) is 2.01. The molecule has 0 aliphatic rings. The minimum atomic E-state index is -0.0129. The number of halogens is 1. The van der Waals surface area contributed by atoms with E-state index in [1.165, 1.54) is 0 Å². The molecule has 1 N–H and O–H groups in total. The lowest BCUT2D eigenvalue weighted by atomic mass is 10.3. The van der Waals surface area contributed by atoms with Crippen molar-refractivity contribution in [2.75, 3.05) is 33.5 Å². The van der Waals surface area contributed by atoms with Gasteiger partial charge in [0.2, 0.25) is 0 Å². The van der Waals surface area contributed by atoms with E-state index in [-0.39, 0.29) is 5.91 Å². The van der Waals surface area contributed by atoms with Crippen molar-refractivity contribution >= 4 is 39.8 Å². The van der Waals surface area contributed by atoms with Gasteiger partial charge < -0.3 is 14.8 Å². The van der Waals surface area contributed by atoms with Gasteiger partial charge >= 0.3 is 0 Å². The van der Waals surface area contributed by atoms with E-state index in [2.05, 4.69) is 27.9 Å². The lowest BCUT2D eigenvalue weighted by Gasteiger charge is -2.05. The van der Waals surface area contributed by atoms with Gasteiger partial charge in [0, 0.05) is 25.6 Å². The highest BCUT2D eigenvalue weighted by Gasteiger charge is 2.06. The van der Waals surface area contributed by atoms with Crippen LogP contribution in [0.2, 0.25) is 0 Å². The van der Waals surface area contributed by atoms with Crippen molar-refractivity contribution < 1.29 is 14.3 Å². The van der Waals surface area contributed by atoms with Crippen molar-refractivity contribution in [2.45, 2.75) is 6.42 Å². The number of amides is 1. The van der Waals surface area contributed by atoms with Gasteiger partial charge in [-0.05, 0) is 35.1 Å². The van der Waals surface area contributed by atoms with Gasteiger partial charge in [-0.2, -0.15) is 0 Å². The molecular formula is C11H16INO3S. The molecule has 1 aromatic heterocycles. The number of carbonyl (C=O) groups excluding carboxylic acids is 1. The van der Waals surface area contributed by atoms with Gasteiger partial charge in [0.15, 0.2) is 0 Å². The molecule has 0 saturated carbocycles. The topological polar surface area (TPSA) is 47.6 Å². The molecule has 0 aromatic carbocycles. The Labute approximate surface area is 119 Å². The summed E-state index contributed by atoms with van der Waals surface area (Å²) < 4.78 is 11.3. The predicted molar refractivity (Wildman–Crippen MR) is 76.7 cm³/mol. The number of hydrogen-bond acceptors (Lipinski definition) is 4. The quantitative estimate of drug-likeness (QED) is 0.564. The monoisotopic (exact) mass is 369 g/mol. The maximum absolute atomic E-state index is 11.6. The molecular weight excluding hydrogens is 353 g/mol. The van der Waals surface area contributed by atoms with E-state index in [4.69, 9.17) is 9.47 Å². The minimum absolute atomic E-state index is 0.0129. The number of methoxy groups -OCH3 is 1. The molecule has 0 unspecified atom stereocenters. The fourth-order valence-corrected chi connectivity index (χ4v) is 2.48. The lowest BCUT2D eigenvalue weighted by molar-refractivity contribution is 0.0688. The first-order valence-corrected chi connectivity index (χ1v) is 7.29. The Bertz CT molecular complexity index is 343. The van der Waals surface area contributed by atoms with Crippen molar-refractivity contribution in [1.29, 1.82) is 0 Å². The summed E-state index contributed by atoms with van der Waals surface area (Å²) in [6.45, 7) is 2.50. The molecule has 0 atom stereocenters. The van der Waals surface area contributed by atoms with Gasteiger partial charge in [-0.1, -0.05) is 0 Å². The molecule has 0 spiro atoms. The second-order valence-electron chi connectivity index (χ2n) is 3.35. The molecule has 0 aliphatic heterocycles. The Kier molecular flexibility index (Phi) is 7.74. The first kappa shape index (κ1) is 14.9. The molecule has 1 aromatic rings. The molecule has 96 valence electrons. The number of carbonyl (C=O) groups is 1. The Morgan fingerprint density at radius 2 is 2.29 bits per heavy atom. The van der Waals surface area contributed by atoms with Crippen LogP contribution in [0, 0.1) is 2.88 Å². The highest BCUT2D eigenvalue weighted by molar-refractivity contribution is 14.1. The van der Waals surface area contributed by atoms with Gasteiger partial charge in [0.1, 0.15) is 0 Å². The van der Waals surface area contributed by atoms with Crippen molar-refractivity contribution in [3.63, 3.8) is 0 Å². The summed E-state index contributed by atoms with van der Waals surface area (Å²) in [5, 5.41) is 4.72. The first-order chi connectivity index (χ1) is 8.24. The maximum atomic E-state index is 11.6. The number of hydrogen-bond donors (Lipinski definition) is 1. The van der Waals surface area contributed by atoms with Crippen LogP contribution in [0.25, 0.3) is 0 Å². The zero-order valence-corrected chi connectivity index (χ0v) is 12.7. The highest BCUT2D eigenvalue weighted by atomic mass is 127. The van der Waals surface area contributed by atoms with Crippen LogP contribution in [0.4, 0.5) is 0 Å². The van der Waals surface area contributed by atoms with Crippen LogP contribution in [-0.4, -0.2) is 39.4 Å². The van der Waals surface area contributed by atoms with Gasteiger partial charge in [-0.25, -0.2) is 0 Å². The van der Waals surface area contributed by atoms with Gasteiger partial charge in [0.05, 0.1) is 21.7 Å². The first-order valence-electron chi connectivity index (χ1n) is 5.33. The second-order valence-corrected chi connectivity index (χ2v) is 6.16. The molecule has 6 heteroatoms. The van der Waals surface area contributed by atoms with E-state index in [9.17, 15) is 4.79 Å². The van der Waals surface area contributed by atoms with E-state index in [0.717, 1.165) is 14.9 Å². The summed E-state index contributed by atoms with van der Waals surface area (Å²) >= 11 is 3.78. The summed E-state index contributed by atoms with van der Waals surface area (Å²) in [6.07, 6.45) is 0.816. The second kappa shape index (κ2) is 8.84. The summed E-state index contributed by atoms with van der Waals surface area (Å²) in [4.78, 5) is 11.6. The van der Waals surface area contributed by atoms with Gasteiger partial charge in [-0.3, -0.25) is 4.79 Å². The summed E-state index contributed by atoms with van der Waals surface area (Å²) in [5.74, 6) is -0.0129. The zero-order chi connectivity index (χ0) is 12.5. The number of rotatable bonds is 8. The van der Waals surface area contributed by atoms with E-state index < -0.39 is 0 Å². The van der Waals surface area contributed by atoms with Crippen LogP contribution in [0.5, 0.6) is 0 Å². The fourth-order valence-electron chi connectivity index (χ4n) is 1.15. The number of thiophene rings is 1. The third-order valence-corrected chi connectivity index (χ3v) is 3.80. The van der Waals surface area contributed by atoms with E-state index in [1.807, 2.05) is 11.4 Å². The maximum Gasteiger partial charge on any atom is 0.252 e. The smallest absolute Gasteiger partial charge is 0.252 e. The molecule has 1 heterocycles. The van der Waals surface area contributed by atoms with Crippen molar-refractivity contribution in [2.24, 2.45) is 0 Å². The molecule has 1 rings (SSSR count). The summed E-state index contributed by atoms with van der Waals surface area (Å²) in [7, 11) is 1.64. The van der Waals surface area contributed by atoms with Crippen molar-refractivity contribution in [3.8, 4) is 0 Å². The molecule has 0 radical (unpaired) electrons. The minimum Gasteiger partial charge on any atom is -0.382 e. The van der Waals surface area contributed by atoms with E-state index in [0.29, 0.717) is 26.4 Å². The third kappa shape index (κ3) is 6.35. The zero-order valence-electron chi connectivity index (χ0n) is 9.70. The molecule has 4 nitrogen and oxygen atoms in total. The molecule has 0 aliphatic carbocycles. The van der Waals surface area contributed by atoms with Crippen LogP contribution in [0.1, 0.15) is 16.8 Å². The van der Waals surface area contributed by atoms with E-state index >= 15 is 0 Å². The Hall–Kier alpha value is -0.180. The Morgan fingerprint density at radius 1 is 1.47 bits per heavy atom. The standard InChI is InChI=1S/C11H16INO3S/c1-15-5-6-16-4-2-3-13-11(14)9-7-10(12)17-8-9/h7-8H,2-6H2,1H3,(H,13,14). The molecule has 0 fully saturated rings. The molecule has 0 saturated heterocycles. The normalized spacial score (nSPS) is 10.5. The average Bonchev–Trinajstić information content (AvgIpc) is 2.74. The number of ether oxygens (including phenoxy) is 2. The predicted octanol–water partition coefficient (Wildman–Crippen LogP) is 2.14. The van der Waals surface area contributed by atoms with Crippen molar-refractivity contribution in [3.05, 3.63) is 19.9 Å². The largest absolute Gasteiger partial charge is 0.382 e. The van der Waals surface area contributed by atoms with Crippen LogP contribution in [0.15, 0.2) is 11.4 Å². The van der Waals surface area contributed by atoms with Crippen LogP contribution in [-0.2, 0) is 9.47 Å². The Morgan fingerprint density at radius 3 is 2.94 bits per heavy atom. The SMILES string of the molecule is COCCOCCCNC(=O)c1csc(I)c1. The molecule has 1 amide bonds. The summed E-state index contributed by atoms with van der Waals surface area (Å²) in [6, 6.07) is 1.88. The Balaban J connectivity index is 2.05. The van der Waals surface area contributed by atoms with Gasteiger partial charge in [0.25, 0.3) is 5.91 Å². The van der Waals surface area contributed by atoms with Crippen LogP contribution < -0.4 is 5.32 Å². The average molecular weight is 369 g/mol. The van der Waals surface area contributed by atoms with Crippen LogP contribution >= 0.6 is 33.9 Å².